The highest BCUT2D eigenvalue weighted by Crippen LogP contribution is 2.25. The number of carboxylic acids is 1. The van der Waals surface area contributed by atoms with Crippen LogP contribution in [0.2, 0.25) is 5.02 Å². The quantitative estimate of drug-likeness (QED) is 0.884. The molecule has 6 heteroatoms. The first kappa shape index (κ1) is 14.3. The Balaban J connectivity index is 2.49. The summed E-state index contributed by atoms with van der Waals surface area (Å²) in [4.78, 5) is 19.5. The Hall–Kier alpha value is -2.14. The fraction of sp³-hybridized carbons (Fsp3) is 0.214. The predicted molar refractivity (Wildman–Crippen MR) is 78.2 cm³/mol. The third-order valence-electron chi connectivity index (χ3n) is 2.62. The van der Waals surface area contributed by atoms with Crippen LogP contribution >= 0.6 is 11.6 Å². The Bertz CT molecular complexity index is 632. The van der Waals surface area contributed by atoms with Gasteiger partial charge in [0.1, 0.15) is 5.82 Å². The van der Waals surface area contributed by atoms with Crippen molar-refractivity contribution in [2.45, 2.75) is 13.3 Å². The van der Waals surface area contributed by atoms with Crippen molar-refractivity contribution in [2.24, 2.45) is 0 Å². The number of halogens is 1. The zero-order valence-corrected chi connectivity index (χ0v) is 11.7. The Morgan fingerprint density at radius 2 is 2.10 bits per heavy atom. The maximum absolute atomic E-state index is 11.1. The van der Waals surface area contributed by atoms with Crippen molar-refractivity contribution in [3.63, 3.8) is 0 Å². The van der Waals surface area contributed by atoms with Gasteiger partial charge >= 0.3 is 5.97 Å². The molecule has 104 valence electrons. The maximum Gasteiger partial charge on any atom is 0.354 e. The van der Waals surface area contributed by atoms with Crippen molar-refractivity contribution in [1.82, 2.24) is 9.97 Å². The van der Waals surface area contributed by atoms with Crippen molar-refractivity contribution >= 4 is 23.4 Å². The first-order chi connectivity index (χ1) is 9.61. The zero-order chi connectivity index (χ0) is 14.5. The number of nitrogens with zero attached hydrogens (tertiary/aromatic N) is 2. The molecule has 0 saturated carbocycles. The van der Waals surface area contributed by atoms with Crippen molar-refractivity contribution in [3.05, 3.63) is 41.0 Å². The fourth-order valence-electron chi connectivity index (χ4n) is 1.66. The monoisotopic (exact) mass is 291 g/mol. The molecule has 0 fully saturated rings. The van der Waals surface area contributed by atoms with Gasteiger partial charge < -0.3 is 10.4 Å². The minimum absolute atomic E-state index is 0.0616. The molecule has 2 N–H and O–H groups in total. The number of carboxylic acid groups (broad SMARTS) is 1. The number of nitrogens with one attached hydrogen (secondary N) is 1. The smallest absolute Gasteiger partial charge is 0.354 e. The molecule has 1 heterocycles. The third-order valence-corrected chi connectivity index (χ3v) is 2.95. The Morgan fingerprint density at radius 3 is 2.75 bits per heavy atom. The van der Waals surface area contributed by atoms with E-state index >= 15 is 0 Å². The highest BCUT2D eigenvalue weighted by molar-refractivity contribution is 6.33. The lowest BCUT2D eigenvalue weighted by atomic mass is 10.2. The van der Waals surface area contributed by atoms with Crippen LogP contribution in [0.15, 0.2) is 30.3 Å². The van der Waals surface area contributed by atoms with E-state index in [9.17, 15) is 4.79 Å². The molecule has 2 aromatic rings. The SMILES string of the molecule is CCCNc1cc(C(=O)O)nc(-c2ccccc2Cl)n1. The number of hydrogen-bond donors (Lipinski definition) is 2. The lowest BCUT2D eigenvalue weighted by Gasteiger charge is -2.08. The molecular formula is C14H14ClN3O2. The molecule has 2 rings (SSSR count). The minimum Gasteiger partial charge on any atom is -0.477 e. The second kappa shape index (κ2) is 6.34. The molecule has 0 radical (unpaired) electrons. The van der Waals surface area contributed by atoms with E-state index in [4.69, 9.17) is 16.7 Å². The van der Waals surface area contributed by atoms with Crippen molar-refractivity contribution in [1.29, 1.82) is 0 Å². The molecule has 0 unspecified atom stereocenters. The standard InChI is InChI=1S/C14H14ClN3O2/c1-2-7-16-12-8-11(14(19)20)17-13(18-12)9-5-3-4-6-10(9)15/h3-6,8H,2,7H2,1H3,(H,19,20)(H,16,17,18). The minimum atomic E-state index is -1.10. The summed E-state index contributed by atoms with van der Waals surface area (Å²) in [5, 5.41) is 12.7. The van der Waals surface area contributed by atoms with Crippen LogP contribution in [0.5, 0.6) is 0 Å². The van der Waals surface area contributed by atoms with E-state index in [1.165, 1.54) is 6.07 Å². The van der Waals surface area contributed by atoms with Gasteiger partial charge in [-0.2, -0.15) is 0 Å². The van der Waals surface area contributed by atoms with E-state index in [1.54, 1.807) is 24.3 Å². The molecular weight excluding hydrogens is 278 g/mol. The van der Waals surface area contributed by atoms with Gasteiger partial charge in [-0.25, -0.2) is 14.8 Å². The van der Waals surface area contributed by atoms with Gasteiger partial charge in [0, 0.05) is 18.2 Å². The van der Waals surface area contributed by atoms with E-state index in [2.05, 4.69) is 15.3 Å². The van der Waals surface area contributed by atoms with Crippen LogP contribution in [0, 0.1) is 0 Å². The number of rotatable bonds is 5. The van der Waals surface area contributed by atoms with Crippen LogP contribution in [0.25, 0.3) is 11.4 Å². The molecule has 0 amide bonds. The lowest BCUT2D eigenvalue weighted by Crippen LogP contribution is -2.08. The molecule has 5 nitrogen and oxygen atoms in total. The number of hydrogen-bond acceptors (Lipinski definition) is 4. The van der Waals surface area contributed by atoms with Crippen LogP contribution in [-0.4, -0.2) is 27.6 Å². The lowest BCUT2D eigenvalue weighted by molar-refractivity contribution is 0.0690. The average molecular weight is 292 g/mol. The summed E-state index contributed by atoms with van der Waals surface area (Å²) in [6.45, 7) is 2.72. The van der Waals surface area contributed by atoms with E-state index in [-0.39, 0.29) is 5.69 Å². The van der Waals surface area contributed by atoms with Crippen molar-refractivity contribution in [2.75, 3.05) is 11.9 Å². The second-order valence-corrected chi connectivity index (χ2v) is 4.58. The first-order valence-electron chi connectivity index (χ1n) is 6.23. The Kier molecular flexibility index (Phi) is 4.53. The molecule has 0 spiro atoms. The van der Waals surface area contributed by atoms with Crippen LogP contribution in [-0.2, 0) is 0 Å². The normalized spacial score (nSPS) is 10.3. The highest BCUT2D eigenvalue weighted by Gasteiger charge is 2.13. The van der Waals surface area contributed by atoms with Gasteiger partial charge in [0.15, 0.2) is 11.5 Å². The molecule has 20 heavy (non-hydrogen) atoms. The molecule has 1 aromatic carbocycles. The average Bonchev–Trinajstić information content (AvgIpc) is 2.45. The molecule has 0 aliphatic carbocycles. The fourth-order valence-corrected chi connectivity index (χ4v) is 1.88. The summed E-state index contributed by atoms with van der Waals surface area (Å²) >= 11 is 6.10. The van der Waals surface area contributed by atoms with Gasteiger partial charge in [-0.15, -0.1) is 0 Å². The van der Waals surface area contributed by atoms with Gasteiger partial charge in [0.2, 0.25) is 0 Å². The van der Waals surface area contributed by atoms with E-state index < -0.39 is 5.97 Å². The second-order valence-electron chi connectivity index (χ2n) is 4.17. The number of benzene rings is 1. The Labute approximate surface area is 121 Å². The zero-order valence-electron chi connectivity index (χ0n) is 10.9. The van der Waals surface area contributed by atoms with E-state index in [1.807, 2.05) is 6.92 Å². The van der Waals surface area contributed by atoms with Gasteiger partial charge in [-0.3, -0.25) is 0 Å². The predicted octanol–water partition coefficient (Wildman–Crippen LogP) is 3.32. The molecule has 1 aromatic heterocycles. The highest BCUT2D eigenvalue weighted by atomic mass is 35.5. The van der Waals surface area contributed by atoms with Crippen molar-refractivity contribution in [3.8, 4) is 11.4 Å². The summed E-state index contributed by atoms with van der Waals surface area (Å²) in [5.74, 6) is -0.316. The van der Waals surface area contributed by atoms with Crippen LogP contribution < -0.4 is 5.32 Å². The van der Waals surface area contributed by atoms with Crippen LogP contribution in [0.4, 0.5) is 5.82 Å². The Morgan fingerprint density at radius 1 is 1.35 bits per heavy atom. The van der Waals surface area contributed by atoms with Gasteiger partial charge in [0.25, 0.3) is 0 Å². The number of aromatic nitrogens is 2. The number of aromatic carboxylic acids is 1. The largest absolute Gasteiger partial charge is 0.477 e. The van der Waals surface area contributed by atoms with Gasteiger partial charge in [-0.1, -0.05) is 30.7 Å². The number of carbonyl (C=O) groups is 1. The summed E-state index contributed by atoms with van der Waals surface area (Å²) in [6.07, 6.45) is 0.911. The van der Waals surface area contributed by atoms with Crippen molar-refractivity contribution < 1.29 is 9.90 Å². The molecule has 0 atom stereocenters. The van der Waals surface area contributed by atoms with Crippen LogP contribution in [0.3, 0.4) is 0 Å². The van der Waals surface area contributed by atoms with E-state index in [0.717, 1.165) is 6.42 Å². The van der Waals surface area contributed by atoms with E-state index in [0.29, 0.717) is 28.8 Å². The van der Waals surface area contributed by atoms with Crippen LogP contribution in [0.1, 0.15) is 23.8 Å². The topological polar surface area (TPSA) is 75.1 Å². The first-order valence-corrected chi connectivity index (χ1v) is 6.60. The molecule has 0 bridgehead atoms. The summed E-state index contributed by atoms with van der Waals surface area (Å²) < 4.78 is 0. The molecule has 0 saturated heterocycles. The third kappa shape index (κ3) is 3.24. The summed E-state index contributed by atoms with van der Waals surface area (Å²) in [7, 11) is 0. The maximum atomic E-state index is 11.1. The molecule has 0 aliphatic rings. The summed E-state index contributed by atoms with van der Waals surface area (Å²) in [6, 6.07) is 8.48. The van der Waals surface area contributed by atoms with Gasteiger partial charge in [-0.05, 0) is 18.6 Å². The molecule has 0 aliphatic heterocycles. The summed E-state index contributed by atoms with van der Waals surface area (Å²) in [5.41, 5.74) is 0.547. The number of anilines is 1. The van der Waals surface area contributed by atoms with Gasteiger partial charge in [0.05, 0.1) is 5.02 Å².